The molecule has 0 spiro atoms. The number of hydrogen-bond donors (Lipinski definition) is 3. The van der Waals surface area contributed by atoms with Crippen LogP contribution in [0.4, 0.5) is 11.4 Å². The molecule has 2 amide bonds. The third kappa shape index (κ3) is 4.65. The highest BCUT2D eigenvalue weighted by Gasteiger charge is 2.36. The van der Waals surface area contributed by atoms with Crippen LogP contribution in [0.3, 0.4) is 0 Å². The summed E-state index contributed by atoms with van der Waals surface area (Å²) in [6, 6.07) is 14.2. The van der Waals surface area contributed by atoms with Gasteiger partial charge in [0.15, 0.2) is 12.6 Å². The number of carbonyl (C=O) groups excluding carboxylic acids is 2. The van der Waals surface area contributed by atoms with Crippen LogP contribution in [0.15, 0.2) is 42.5 Å². The first kappa shape index (κ1) is 21.5. The van der Waals surface area contributed by atoms with Gasteiger partial charge in [0, 0.05) is 17.9 Å². The normalized spacial score (nSPS) is 21.5. The number of rotatable bonds is 5. The Kier molecular flexibility index (Phi) is 6.39. The standard InChI is InChI=1S/C25H32N4O2/c1-18-7-6-8-19(2)24(18)26-23(30)17-27-13-15-28(16-14-27)20(3)25(31)29-12-11-21-9-4-5-10-22(21)29/h4-10,20H,11-17H2,1-3H3,(H,26,30)/p+2/t20-/m1/s1. The van der Waals surface area contributed by atoms with Gasteiger partial charge in [-0.05, 0) is 49.9 Å². The molecule has 164 valence electrons. The van der Waals surface area contributed by atoms with Crippen molar-refractivity contribution in [1.82, 2.24) is 0 Å². The number of benzene rings is 2. The van der Waals surface area contributed by atoms with Crippen molar-refractivity contribution in [3.8, 4) is 0 Å². The van der Waals surface area contributed by atoms with E-state index in [1.165, 1.54) is 15.4 Å². The fourth-order valence-electron chi connectivity index (χ4n) is 4.93. The molecule has 3 N–H and O–H groups in total. The molecule has 6 nitrogen and oxygen atoms in total. The fraction of sp³-hybridized carbons (Fsp3) is 0.440. The van der Waals surface area contributed by atoms with E-state index in [9.17, 15) is 9.59 Å². The molecular weight excluding hydrogens is 388 g/mol. The average Bonchev–Trinajstić information content (AvgIpc) is 3.20. The lowest BCUT2D eigenvalue weighted by atomic mass is 10.1. The van der Waals surface area contributed by atoms with Gasteiger partial charge in [-0.3, -0.25) is 9.59 Å². The summed E-state index contributed by atoms with van der Waals surface area (Å²) in [6.45, 7) is 11.0. The van der Waals surface area contributed by atoms with Gasteiger partial charge in [0.2, 0.25) is 0 Å². The number of hydrogen-bond acceptors (Lipinski definition) is 2. The summed E-state index contributed by atoms with van der Waals surface area (Å²) >= 11 is 0. The third-order valence-corrected chi connectivity index (χ3v) is 6.89. The lowest BCUT2D eigenvalue weighted by molar-refractivity contribution is -1.01. The number of quaternary nitrogens is 2. The number of amides is 2. The zero-order valence-corrected chi connectivity index (χ0v) is 18.8. The summed E-state index contributed by atoms with van der Waals surface area (Å²) in [5.41, 5.74) is 5.46. The maximum absolute atomic E-state index is 13.2. The van der Waals surface area contributed by atoms with E-state index in [4.69, 9.17) is 0 Å². The van der Waals surface area contributed by atoms with Crippen molar-refractivity contribution in [2.45, 2.75) is 33.2 Å². The van der Waals surface area contributed by atoms with Gasteiger partial charge in [0.05, 0.1) is 0 Å². The molecule has 2 aliphatic heterocycles. The van der Waals surface area contributed by atoms with Crippen LogP contribution in [0.2, 0.25) is 0 Å². The number of nitrogens with zero attached hydrogens (tertiary/aromatic N) is 1. The number of carbonyl (C=O) groups is 2. The van der Waals surface area contributed by atoms with E-state index >= 15 is 0 Å². The highest BCUT2D eigenvalue weighted by atomic mass is 16.2. The van der Waals surface area contributed by atoms with Crippen LogP contribution in [-0.4, -0.2) is 57.1 Å². The Morgan fingerprint density at radius 3 is 2.39 bits per heavy atom. The molecule has 0 aliphatic carbocycles. The Balaban J connectivity index is 1.28. The predicted octanol–water partition coefficient (Wildman–Crippen LogP) is 0.00314. The quantitative estimate of drug-likeness (QED) is 0.636. The Morgan fingerprint density at radius 1 is 1.00 bits per heavy atom. The second-order valence-electron chi connectivity index (χ2n) is 8.99. The molecule has 6 heteroatoms. The molecule has 2 aliphatic rings. The number of piperazine rings is 1. The lowest BCUT2D eigenvalue weighted by Crippen LogP contribution is -3.30. The van der Waals surface area contributed by atoms with Gasteiger partial charge in [0.25, 0.3) is 11.8 Å². The van der Waals surface area contributed by atoms with Crippen molar-refractivity contribution in [2.24, 2.45) is 0 Å². The summed E-state index contributed by atoms with van der Waals surface area (Å²) in [4.78, 5) is 30.3. The number of aryl methyl sites for hydroxylation is 2. The Labute approximate surface area is 184 Å². The molecule has 1 atom stereocenters. The summed E-state index contributed by atoms with van der Waals surface area (Å²) in [6.07, 6.45) is 0.942. The highest BCUT2D eigenvalue weighted by Crippen LogP contribution is 2.27. The minimum Gasteiger partial charge on any atom is -0.321 e. The van der Waals surface area contributed by atoms with E-state index < -0.39 is 0 Å². The van der Waals surface area contributed by atoms with Crippen molar-refractivity contribution >= 4 is 23.2 Å². The van der Waals surface area contributed by atoms with Gasteiger partial charge < -0.3 is 20.0 Å². The number of nitrogens with one attached hydrogen (secondary N) is 3. The third-order valence-electron chi connectivity index (χ3n) is 6.89. The Bertz CT molecular complexity index is 945. The average molecular weight is 423 g/mol. The highest BCUT2D eigenvalue weighted by molar-refractivity contribution is 5.98. The van der Waals surface area contributed by atoms with E-state index in [-0.39, 0.29) is 17.9 Å². The maximum atomic E-state index is 13.2. The van der Waals surface area contributed by atoms with Crippen LogP contribution in [0.5, 0.6) is 0 Å². The first-order valence-corrected chi connectivity index (χ1v) is 11.4. The van der Waals surface area contributed by atoms with Crippen LogP contribution in [0.1, 0.15) is 23.6 Å². The monoisotopic (exact) mass is 422 g/mol. The minimum absolute atomic E-state index is 0.0591. The minimum atomic E-state index is -0.0591. The largest absolute Gasteiger partial charge is 0.321 e. The van der Waals surface area contributed by atoms with Crippen LogP contribution in [0, 0.1) is 13.8 Å². The maximum Gasteiger partial charge on any atom is 0.284 e. The molecule has 0 unspecified atom stereocenters. The van der Waals surface area contributed by atoms with E-state index in [2.05, 4.69) is 24.4 Å². The van der Waals surface area contributed by atoms with Crippen LogP contribution in [0.25, 0.3) is 0 Å². The fourth-order valence-corrected chi connectivity index (χ4v) is 4.93. The van der Waals surface area contributed by atoms with Crippen molar-refractivity contribution in [1.29, 1.82) is 0 Å². The Morgan fingerprint density at radius 2 is 1.68 bits per heavy atom. The summed E-state index contributed by atoms with van der Waals surface area (Å²) in [7, 11) is 0. The topological polar surface area (TPSA) is 58.3 Å². The molecule has 2 aromatic carbocycles. The van der Waals surface area contributed by atoms with Crippen LogP contribution in [-0.2, 0) is 16.0 Å². The van der Waals surface area contributed by atoms with Crippen molar-refractivity contribution < 1.29 is 19.4 Å². The molecule has 0 saturated carbocycles. The van der Waals surface area contributed by atoms with Gasteiger partial charge >= 0.3 is 0 Å². The molecule has 1 saturated heterocycles. The zero-order chi connectivity index (χ0) is 22.0. The molecule has 2 heterocycles. The summed E-state index contributed by atoms with van der Waals surface area (Å²) in [5, 5.41) is 3.10. The second-order valence-corrected chi connectivity index (χ2v) is 8.99. The molecule has 4 rings (SSSR count). The van der Waals surface area contributed by atoms with E-state index in [0.717, 1.165) is 61.6 Å². The molecule has 1 fully saturated rings. The SMILES string of the molecule is Cc1cccc(C)c1NC(=O)C[NH+]1CC[NH+]([C@H](C)C(=O)N2CCc3ccccc32)CC1. The zero-order valence-electron chi connectivity index (χ0n) is 18.8. The van der Waals surface area contributed by atoms with Gasteiger partial charge in [-0.15, -0.1) is 0 Å². The van der Waals surface area contributed by atoms with Gasteiger partial charge in [-0.1, -0.05) is 36.4 Å². The first-order valence-electron chi connectivity index (χ1n) is 11.4. The first-order chi connectivity index (χ1) is 14.9. The van der Waals surface area contributed by atoms with Crippen molar-refractivity contribution in [3.63, 3.8) is 0 Å². The smallest absolute Gasteiger partial charge is 0.284 e. The summed E-state index contributed by atoms with van der Waals surface area (Å²) < 4.78 is 0. The van der Waals surface area contributed by atoms with Crippen LogP contribution >= 0.6 is 0 Å². The van der Waals surface area contributed by atoms with Crippen molar-refractivity contribution in [2.75, 3.05) is 49.5 Å². The molecule has 0 bridgehead atoms. The molecule has 2 aromatic rings. The van der Waals surface area contributed by atoms with Gasteiger partial charge in [0.1, 0.15) is 26.2 Å². The van der Waals surface area contributed by atoms with Crippen molar-refractivity contribution in [3.05, 3.63) is 59.2 Å². The van der Waals surface area contributed by atoms with E-state index in [0.29, 0.717) is 6.54 Å². The van der Waals surface area contributed by atoms with Gasteiger partial charge in [-0.25, -0.2) is 0 Å². The molecule has 31 heavy (non-hydrogen) atoms. The molecule has 0 aromatic heterocycles. The number of fused-ring (bicyclic) bond motifs is 1. The Hall–Kier alpha value is -2.70. The van der Waals surface area contributed by atoms with Gasteiger partial charge in [-0.2, -0.15) is 0 Å². The molecule has 0 radical (unpaired) electrons. The van der Waals surface area contributed by atoms with E-state index in [1.807, 2.05) is 49.1 Å². The predicted molar refractivity (Wildman–Crippen MR) is 123 cm³/mol. The lowest BCUT2D eigenvalue weighted by Gasteiger charge is -2.33. The van der Waals surface area contributed by atoms with E-state index in [1.54, 1.807) is 0 Å². The summed E-state index contributed by atoms with van der Waals surface area (Å²) in [5.74, 6) is 0.282. The number of anilines is 2. The van der Waals surface area contributed by atoms with Crippen LogP contribution < -0.4 is 20.0 Å². The number of para-hydroxylation sites is 2. The molecular formula is C25H34N4O2+2. The second kappa shape index (κ2) is 9.20.